The number of nitrogens with one attached hydrogen (secondary N) is 2. The summed E-state index contributed by atoms with van der Waals surface area (Å²) in [7, 11) is 1.71. The number of carbonyl (C=O) groups excluding carboxylic acids is 2. The van der Waals surface area contributed by atoms with Gasteiger partial charge in [0.15, 0.2) is 0 Å². The molecule has 0 unspecified atom stereocenters. The lowest BCUT2D eigenvalue weighted by Gasteiger charge is -2.33. The van der Waals surface area contributed by atoms with Gasteiger partial charge in [0, 0.05) is 45.0 Å². The first-order chi connectivity index (χ1) is 15.9. The fourth-order valence-corrected chi connectivity index (χ4v) is 4.91. The molecule has 0 bridgehead atoms. The minimum atomic E-state index is -0.890. The second kappa shape index (κ2) is 10.1. The van der Waals surface area contributed by atoms with E-state index in [-0.39, 0.29) is 17.7 Å². The number of hydrogen-bond donors (Lipinski definition) is 3. The molecule has 2 heterocycles. The summed E-state index contributed by atoms with van der Waals surface area (Å²) in [5.41, 5.74) is 1.000. The van der Waals surface area contributed by atoms with E-state index in [0.717, 1.165) is 31.2 Å². The van der Waals surface area contributed by atoms with Crippen LogP contribution >= 0.6 is 0 Å². The average Bonchev–Trinajstić information content (AvgIpc) is 3.25. The van der Waals surface area contributed by atoms with E-state index in [0.29, 0.717) is 43.4 Å². The molecular formula is C25H34N4O4. The van der Waals surface area contributed by atoms with Gasteiger partial charge in [-0.3, -0.25) is 14.3 Å². The zero-order valence-corrected chi connectivity index (χ0v) is 19.4. The molecule has 1 aromatic heterocycles. The van der Waals surface area contributed by atoms with Crippen LogP contribution in [0.15, 0.2) is 36.5 Å². The third-order valence-electron chi connectivity index (χ3n) is 7.16. The van der Waals surface area contributed by atoms with Crippen LogP contribution in [0, 0.1) is 11.8 Å². The lowest BCUT2D eigenvalue weighted by molar-refractivity contribution is -0.119. The van der Waals surface area contributed by atoms with Gasteiger partial charge in [0.2, 0.25) is 5.91 Å². The van der Waals surface area contributed by atoms with Gasteiger partial charge in [-0.15, -0.1) is 0 Å². The van der Waals surface area contributed by atoms with Gasteiger partial charge < -0.3 is 20.5 Å². The van der Waals surface area contributed by atoms with Crippen molar-refractivity contribution >= 4 is 17.5 Å². The topological polar surface area (TPSA) is 105 Å². The fraction of sp³-hybridized carbons (Fsp3) is 0.560. The number of aryl methyl sites for hydroxylation is 1. The van der Waals surface area contributed by atoms with Crippen molar-refractivity contribution in [3.63, 3.8) is 0 Å². The molecule has 1 saturated carbocycles. The zero-order chi connectivity index (χ0) is 23.4. The van der Waals surface area contributed by atoms with Crippen LogP contribution in [0.3, 0.4) is 0 Å². The van der Waals surface area contributed by atoms with E-state index in [9.17, 15) is 14.7 Å². The van der Waals surface area contributed by atoms with Crippen molar-refractivity contribution in [1.82, 2.24) is 15.1 Å². The lowest BCUT2D eigenvalue weighted by atomic mass is 9.79. The summed E-state index contributed by atoms with van der Waals surface area (Å²) < 4.78 is 6.87. The normalized spacial score (nSPS) is 23.5. The van der Waals surface area contributed by atoms with Crippen molar-refractivity contribution < 1.29 is 19.4 Å². The molecule has 8 nitrogen and oxygen atoms in total. The number of ether oxygens (including phenoxy) is 1. The van der Waals surface area contributed by atoms with Crippen LogP contribution in [0.2, 0.25) is 0 Å². The average molecular weight is 455 g/mol. The first-order valence-electron chi connectivity index (χ1n) is 11.9. The lowest BCUT2D eigenvalue weighted by Crippen LogP contribution is -2.49. The zero-order valence-electron chi connectivity index (χ0n) is 19.4. The molecule has 1 aliphatic carbocycles. The first-order valence-corrected chi connectivity index (χ1v) is 11.9. The van der Waals surface area contributed by atoms with Crippen molar-refractivity contribution in [3.05, 3.63) is 47.8 Å². The minimum absolute atomic E-state index is 0.0839. The summed E-state index contributed by atoms with van der Waals surface area (Å²) in [6.45, 7) is 3.30. The van der Waals surface area contributed by atoms with E-state index in [1.165, 1.54) is 4.68 Å². The molecule has 8 heteroatoms. The molecule has 0 spiro atoms. The number of anilines is 1. The summed E-state index contributed by atoms with van der Waals surface area (Å²) in [5, 5.41) is 20.9. The molecule has 2 amide bonds. The maximum absolute atomic E-state index is 13.3. The maximum atomic E-state index is 13.3. The van der Waals surface area contributed by atoms with Crippen LogP contribution in [-0.2, 0) is 22.2 Å². The van der Waals surface area contributed by atoms with Crippen LogP contribution in [0.1, 0.15) is 61.5 Å². The van der Waals surface area contributed by atoms with Crippen molar-refractivity contribution in [2.75, 3.05) is 18.5 Å². The van der Waals surface area contributed by atoms with E-state index in [1.54, 1.807) is 19.3 Å². The number of aromatic nitrogens is 2. The van der Waals surface area contributed by atoms with Gasteiger partial charge in [0.25, 0.3) is 5.91 Å². The molecule has 3 N–H and O–H groups in total. The molecule has 1 atom stereocenters. The smallest absolute Gasteiger partial charge is 0.270 e. The largest absolute Gasteiger partial charge is 0.385 e. The number of nitrogens with zero attached hydrogens (tertiary/aromatic N) is 2. The summed E-state index contributed by atoms with van der Waals surface area (Å²) in [6.07, 6.45) is 6.58. The van der Waals surface area contributed by atoms with E-state index < -0.39 is 11.6 Å². The molecule has 0 radical (unpaired) electrons. The SMILES string of the molecule is CC1CCC([C@H](NC(=O)c2ccnn2C)C(=O)Nc2ccc(C3(O)CCOCC3)cc2)CC1. The third kappa shape index (κ3) is 5.45. The fourth-order valence-electron chi connectivity index (χ4n) is 4.91. The predicted octanol–water partition coefficient (Wildman–Crippen LogP) is 2.98. The van der Waals surface area contributed by atoms with Crippen LogP contribution in [0.4, 0.5) is 5.69 Å². The van der Waals surface area contributed by atoms with Gasteiger partial charge in [-0.05, 0) is 48.4 Å². The van der Waals surface area contributed by atoms with Crippen LogP contribution in [0.5, 0.6) is 0 Å². The van der Waals surface area contributed by atoms with Crippen molar-refractivity contribution in [1.29, 1.82) is 0 Å². The molecule has 2 aliphatic rings. The first kappa shape index (κ1) is 23.4. The number of benzene rings is 1. The Balaban J connectivity index is 1.47. The van der Waals surface area contributed by atoms with Gasteiger partial charge in [-0.25, -0.2) is 0 Å². The summed E-state index contributed by atoms with van der Waals surface area (Å²) in [4.78, 5) is 26.2. The molecule has 33 heavy (non-hydrogen) atoms. The van der Waals surface area contributed by atoms with Crippen LogP contribution in [0.25, 0.3) is 0 Å². The Bertz CT molecular complexity index is 957. The van der Waals surface area contributed by atoms with Crippen molar-refractivity contribution in [2.24, 2.45) is 18.9 Å². The summed E-state index contributed by atoms with van der Waals surface area (Å²) >= 11 is 0. The number of hydrogen-bond acceptors (Lipinski definition) is 5. The molecule has 1 aromatic carbocycles. The molecule has 2 fully saturated rings. The summed E-state index contributed by atoms with van der Waals surface area (Å²) in [6, 6.07) is 8.35. The minimum Gasteiger partial charge on any atom is -0.385 e. The maximum Gasteiger partial charge on any atom is 0.270 e. The van der Waals surface area contributed by atoms with Gasteiger partial charge in [-0.1, -0.05) is 31.9 Å². The van der Waals surface area contributed by atoms with Crippen LogP contribution in [-0.4, -0.2) is 46.0 Å². The number of carbonyl (C=O) groups is 2. The highest BCUT2D eigenvalue weighted by atomic mass is 16.5. The number of rotatable bonds is 6. The highest BCUT2D eigenvalue weighted by molar-refractivity contribution is 6.00. The Kier molecular flexibility index (Phi) is 7.14. The van der Waals surface area contributed by atoms with Crippen molar-refractivity contribution in [2.45, 2.75) is 57.1 Å². The Morgan fingerprint density at radius 3 is 2.39 bits per heavy atom. The van der Waals surface area contributed by atoms with Gasteiger partial charge in [0.05, 0.1) is 5.60 Å². The standard InChI is InChI=1S/C25H34N4O4/c1-17-3-5-18(6-4-17)22(28-23(30)21-11-14-26-29(21)2)24(31)27-20-9-7-19(8-10-20)25(32)12-15-33-16-13-25/h7-11,14,17-18,22,32H,3-6,12-13,15-16H2,1-2H3,(H,27,31)(H,28,30)/t17?,18?,22-/m0/s1. The highest BCUT2D eigenvalue weighted by Crippen LogP contribution is 2.33. The molecule has 2 aromatic rings. The van der Waals surface area contributed by atoms with Gasteiger partial charge in [-0.2, -0.15) is 5.10 Å². The molecular weight excluding hydrogens is 420 g/mol. The molecule has 1 saturated heterocycles. The monoisotopic (exact) mass is 454 g/mol. The van der Waals surface area contributed by atoms with Crippen LogP contribution < -0.4 is 10.6 Å². The second-order valence-corrected chi connectivity index (χ2v) is 9.52. The molecule has 1 aliphatic heterocycles. The van der Waals surface area contributed by atoms with E-state index >= 15 is 0 Å². The number of amides is 2. The van der Waals surface area contributed by atoms with Gasteiger partial charge >= 0.3 is 0 Å². The Morgan fingerprint density at radius 1 is 1.12 bits per heavy atom. The Hall–Kier alpha value is -2.71. The van der Waals surface area contributed by atoms with E-state index in [1.807, 2.05) is 24.3 Å². The summed E-state index contributed by atoms with van der Waals surface area (Å²) in [5.74, 6) is 0.204. The second-order valence-electron chi connectivity index (χ2n) is 9.52. The van der Waals surface area contributed by atoms with Gasteiger partial charge in [0.1, 0.15) is 11.7 Å². The molecule has 178 valence electrons. The highest BCUT2D eigenvalue weighted by Gasteiger charge is 2.34. The van der Waals surface area contributed by atoms with E-state index in [4.69, 9.17) is 4.74 Å². The Labute approximate surface area is 194 Å². The quantitative estimate of drug-likeness (QED) is 0.622. The van der Waals surface area contributed by atoms with Crippen molar-refractivity contribution in [3.8, 4) is 0 Å². The predicted molar refractivity (Wildman–Crippen MR) is 125 cm³/mol. The molecule has 4 rings (SSSR count). The third-order valence-corrected chi connectivity index (χ3v) is 7.16. The van der Waals surface area contributed by atoms with E-state index in [2.05, 4.69) is 22.7 Å². The number of aliphatic hydroxyl groups is 1. The Morgan fingerprint density at radius 2 is 1.79 bits per heavy atom.